The summed E-state index contributed by atoms with van der Waals surface area (Å²) >= 11 is 0. The molecule has 27 heavy (non-hydrogen) atoms. The molecule has 0 radical (unpaired) electrons. The van der Waals surface area contributed by atoms with Crippen molar-refractivity contribution < 1.29 is 9.90 Å². The van der Waals surface area contributed by atoms with Crippen LogP contribution in [0.2, 0.25) is 0 Å². The zero-order chi connectivity index (χ0) is 19.0. The minimum Gasteiger partial charge on any atom is -0.392 e. The lowest BCUT2D eigenvalue weighted by atomic mass is 9.98. The third kappa shape index (κ3) is 3.49. The lowest BCUT2D eigenvalue weighted by Gasteiger charge is -2.41. The van der Waals surface area contributed by atoms with Gasteiger partial charge in [0, 0.05) is 37.6 Å². The quantitative estimate of drug-likeness (QED) is 0.855. The van der Waals surface area contributed by atoms with Gasteiger partial charge in [-0.25, -0.2) is 4.98 Å². The first-order chi connectivity index (χ1) is 13.0. The molecule has 2 aliphatic heterocycles. The Hall–Kier alpha value is -2.25. The first kappa shape index (κ1) is 18.1. The van der Waals surface area contributed by atoms with Crippen molar-refractivity contribution in [3.8, 4) is 0 Å². The molecule has 2 fully saturated rings. The Balaban J connectivity index is 1.48. The SMILES string of the molecule is Cc1cccc2ncc(C(=O)N3CCC(N4CCC[C@H](O)C4)CC3)c(=O)n12. The van der Waals surface area contributed by atoms with Crippen LogP contribution in [0.25, 0.3) is 5.65 Å². The summed E-state index contributed by atoms with van der Waals surface area (Å²) in [6, 6.07) is 5.85. The Morgan fingerprint density at radius 2 is 1.96 bits per heavy atom. The number of piperidine rings is 2. The van der Waals surface area contributed by atoms with E-state index in [9.17, 15) is 14.7 Å². The predicted octanol–water partition coefficient (Wildman–Crippen LogP) is 1.06. The second kappa shape index (κ2) is 7.40. The fourth-order valence-electron chi connectivity index (χ4n) is 4.34. The van der Waals surface area contributed by atoms with Gasteiger partial charge in [-0.15, -0.1) is 0 Å². The topological polar surface area (TPSA) is 78.2 Å². The van der Waals surface area contributed by atoms with Gasteiger partial charge >= 0.3 is 0 Å². The van der Waals surface area contributed by atoms with Crippen LogP contribution in [0.5, 0.6) is 0 Å². The highest BCUT2D eigenvalue weighted by molar-refractivity contribution is 5.93. The molecule has 7 nitrogen and oxygen atoms in total. The van der Waals surface area contributed by atoms with E-state index in [0.29, 0.717) is 24.8 Å². The summed E-state index contributed by atoms with van der Waals surface area (Å²) in [5.74, 6) is -0.234. The zero-order valence-corrected chi connectivity index (χ0v) is 15.7. The van der Waals surface area contributed by atoms with Gasteiger partial charge in [-0.1, -0.05) is 6.07 Å². The number of nitrogens with zero attached hydrogens (tertiary/aromatic N) is 4. The maximum atomic E-state index is 12.9. The van der Waals surface area contributed by atoms with Gasteiger partial charge in [-0.3, -0.25) is 18.9 Å². The molecule has 0 bridgehead atoms. The molecule has 0 unspecified atom stereocenters. The molecule has 4 rings (SSSR count). The molecule has 1 atom stereocenters. The molecule has 1 amide bonds. The number of carbonyl (C=O) groups is 1. The van der Waals surface area contributed by atoms with Gasteiger partial charge < -0.3 is 10.0 Å². The summed E-state index contributed by atoms with van der Waals surface area (Å²) in [7, 11) is 0. The molecule has 0 saturated carbocycles. The van der Waals surface area contributed by atoms with E-state index in [2.05, 4.69) is 9.88 Å². The van der Waals surface area contributed by atoms with Crippen LogP contribution in [-0.4, -0.2) is 68.5 Å². The average Bonchev–Trinajstić information content (AvgIpc) is 2.68. The number of rotatable bonds is 2. The summed E-state index contributed by atoms with van der Waals surface area (Å²) < 4.78 is 1.50. The summed E-state index contributed by atoms with van der Waals surface area (Å²) in [5, 5.41) is 9.89. The number of hydrogen-bond donors (Lipinski definition) is 1. The highest BCUT2D eigenvalue weighted by Crippen LogP contribution is 2.22. The zero-order valence-electron chi connectivity index (χ0n) is 15.7. The Morgan fingerprint density at radius 3 is 2.70 bits per heavy atom. The van der Waals surface area contributed by atoms with Crippen LogP contribution < -0.4 is 5.56 Å². The largest absolute Gasteiger partial charge is 0.392 e. The number of pyridine rings is 1. The number of aryl methyl sites for hydroxylation is 1. The van der Waals surface area contributed by atoms with Crippen LogP contribution in [0.15, 0.2) is 29.2 Å². The number of aliphatic hydroxyl groups excluding tert-OH is 1. The van der Waals surface area contributed by atoms with Gasteiger partial charge in [0.15, 0.2) is 0 Å². The minimum absolute atomic E-state index is 0.133. The molecule has 0 spiro atoms. The van der Waals surface area contributed by atoms with Crippen LogP contribution in [0.3, 0.4) is 0 Å². The van der Waals surface area contributed by atoms with Gasteiger partial charge in [0.05, 0.1) is 6.10 Å². The molecule has 2 aliphatic rings. The van der Waals surface area contributed by atoms with Crippen molar-refractivity contribution in [3.05, 3.63) is 46.0 Å². The van der Waals surface area contributed by atoms with Crippen molar-refractivity contribution in [1.82, 2.24) is 19.2 Å². The van der Waals surface area contributed by atoms with E-state index >= 15 is 0 Å². The molecule has 2 saturated heterocycles. The lowest BCUT2D eigenvalue weighted by molar-refractivity contribution is 0.0240. The Morgan fingerprint density at radius 1 is 1.19 bits per heavy atom. The van der Waals surface area contributed by atoms with Gasteiger partial charge in [0.2, 0.25) is 0 Å². The highest BCUT2D eigenvalue weighted by Gasteiger charge is 2.30. The van der Waals surface area contributed by atoms with Crippen LogP contribution in [0.4, 0.5) is 0 Å². The first-order valence-corrected chi connectivity index (χ1v) is 9.73. The van der Waals surface area contributed by atoms with Crippen molar-refractivity contribution in [2.75, 3.05) is 26.2 Å². The number of amides is 1. The first-order valence-electron chi connectivity index (χ1n) is 9.73. The molecular formula is C20H26N4O3. The number of β-amino-alcohol motifs (C(OH)–C–C–N with tert-alkyl or cyclic N) is 1. The van der Waals surface area contributed by atoms with E-state index in [1.54, 1.807) is 11.0 Å². The van der Waals surface area contributed by atoms with Crippen LogP contribution >= 0.6 is 0 Å². The lowest BCUT2D eigenvalue weighted by Crippen LogP contribution is -2.51. The smallest absolute Gasteiger partial charge is 0.270 e. The van der Waals surface area contributed by atoms with E-state index in [0.717, 1.165) is 44.5 Å². The van der Waals surface area contributed by atoms with Gasteiger partial charge in [0.1, 0.15) is 11.2 Å². The maximum Gasteiger partial charge on any atom is 0.270 e. The van der Waals surface area contributed by atoms with E-state index in [-0.39, 0.29) is 23.1 Å². The number of aromatic nitrogens is 2. The van der Waals surface area contributed by atoms with Crippen LogP contribution in [0, 0.1) is 6.92 Å². The second-order valence-corrected chi connectivity index (χ2v) is 7.65. The third-order valence-electron chi connectivity index (χ3n) is 5.85. The minimum atomic E-state index is -0.302. The number of carbonyl (C=O) groups excluding carboxylic acids is 1. The molecule has 4 heterocycles. The van der Waals surface area contributed by atoms with Crippen molar-refractivity contribution in [1.29, 1.82) is 0 Å². The van der Waals surface area contributed by atoms with Crippen molar-refractivity contribution in [3.63, 3.8) is 0 Å². The van der Waals surface area contributed by atoms with E-state index < -0.39 is 0 Å². The van der Waals surface area contributed by atoms with Crippen LogP contribution in [0.1, 0.15) is 41.7 Å². The van der Waals surface area contributed by atoms with Crippen molar-refractivity contribution in [2.45, 2.75) is 44.8 Å². The third-order valence-corrected chi connectivity index (χ3v) is 5.85. The highest BCUT2D eigenvalue weighted by atomic mass is 16.3. The molecule has 0 aliphatic carbocycles. The molecule has 7 heteroatoms. The molecule has 2 aromatic heterocycles. The Labute approximate surface area is 158 Å². The van der Waals surface area contributed by atoms with E-state index in [1.165, 1.54) is 10.6 Å². The van der Waals surface area contributed by atoms with Crippen LogP contribution in [-0.2, 0) is 0 Å². The fourth-order valence-corrected chi connectivity index (χ4v) is 4.34. The molecule has 144 valence electrons. The standard InChI is InChI=1S/C20H26N4O3/c1-14-4-2-6-18-21-12-17(20(27)24(14)18)19(26)22-10-7-15(8-11-22)23-9-3-5-16(25)13-23/h2,4,6,12,15-16,25H,3,5,7-11,13H2,1H3/t16-/m0/s1. The van der Waals surface area contributed by atoms with Gasteiger partial charge in [0.25, 0.3) is 11.5 Å². The number of hydrogen-bond acceptors (Lipinski definition) is 5. The molecule has 2 aromatic rings. The monoisotopic (exact) mass is 370 g/mol. The fraction of sp³-hybridized carbons (Fsp3) is 0.550. The normalized spacial score (nSPS) is 22.3. The second-order valence-electron chi connectivity index (χ2n) is 7.65. The number of fused-ring (bicyclic) bond motifs is 1. The maximum absolute atomic E-state index is 12.9. The molecule has 1 N–H and O–H groups in total. The summed E-state index contributed by atoms with van der Waals surface area (Å²) in [5.41, 5.74) is 1.15. The Kier molecular flexibility index (Phi) is 4.97. The predicted molar refractivity (Wildman–Crippen MR) is 102 cm³/mol. The summed E-state index contributed by atoms with van der Waals surface area (Å²) in [4.78, 5) is 34.2. The van der Waals surface area contributed by atoms with E-state index in [1.807, 2.05) is 19.1 Å². The van der Waals surface area contributed by atoms with E-state index in [4.69, 9.17) is 0 Å². The molecule has 0 aromatic carbocycles. The average molecular weight is 370 g/mol. The van der Waals surface area contributed by atoms with Crippen molar-refractivity contribution >= 4 is 11.6 Å². The molecular weight excluding hydrogens is 344 g/mol. The number of likely N-dealkylation sites (tertiary alicyclic amines) is 2. The van der Waals surface area contributed by atoms with Crippen molar-refractivity contribution in [2.24, 2.45) is 0 Å². The summed E-state index contributed by atoms with van der Waals surface area (Å²) in [6.45, 7) is 4.85. The van der Waals surface area contributed by atoms with Gasteiger partial charge in [-0.2, -0.15) is 0 Å². The summed E-state index contributed by atoms with van der Waals surface area (Å²) in [6.07, 6.45) is 4.84. The number of aliphatic hydroxyl groups is 1. The Bertz CT molecular complexity index is 902. The van der Waals surface area contributed by atoms with Gasteiger partial charge in [-0.05, 0) is 51.3 Å².